The van der Waals surface area contributed by atoms with Gasteiger partial charge in [0.1, 0.15) is 5.82 Å². The molecule has 1 aliphatic rings. The van der Waals surface area contributed by atoms with Crippen LogP contribution in [0.1, 0.15) is 12.7 Å². The second kappa shape index (κ2) is 4.17. The first-order valence-electron chi connectivity index (χ1n) is 5.99. The summed E-state index contributed by atoms with van der Waals surface area (Å²) in [6.07, 6.45) is 8.00. The Kier molecular flexibility index (Phi) is 2.51. The highest BCUT2D eigenvalue weighted by Gasteiger charge is 2.11. The molecule has 0 unspecified atom stereocenters. The third-order valence-corrected chi connectivity index (χ3v) is 3.22. The Balaban J connectivity index is 2.30. The number of imidazole rings is 1. The van der Waals surface area contributed by atoms with Gasteiger partial charge in [-0.2, -0.15) is 0 Å². The third-order valence-electron chi connectivity index (χ3n) is 3.22. The van der Waals surface area contributed by atoms with Crippen molar-refractivity contribution in [1.29, 1.82) is 0 Å². The van der Waals surface area contributed by atoms with Crippen LogP contribution in [0.5, 0.6) is 0 Å². The maximum Gasteiger partial charge on any atom is 0.141 e. The van der Waals surface area contributed by atoms with E-state index in [0.29, 0.717) is 0 Å². The number of aryl methyl sites for hydroxylation is 1. The third kappa shape index (κ3) is 1.64. The van der Waals surface area contributed by atoms with Gasteiger partial charge in [0.25, 0.3) is 0 Å². The lowest BCUT2D eigenvalue weighted by Gasteiger charge is -2.04. The number of fused-ring (bicyclic) bond motifs is 1. The molecule has 2 nitrogen and oxygen atoms in total. The average molecular weight is 234 g/mol. The van der Waals surface area contributed by atoms with Crippen molar-refractivity contribution in [2.24, 2.45) is 7.05 Å². The van der Waals surface area contributed by atoms with E-state index in [1.807, 2.05) is 36.4 Å². The lowest BCUT2D eigenvalue weighted by Crippen LogP contribution is -1.97. The molecule has 0 aliphatic heterocycles. The zero-order valence-electron chi connectivity index (χ0n) is 10.5. The van der Waals surface area contributed by atoms with Crippen LogP contribution in [0.3, 0.4) is 0 Å². The Morgan fingerprint density at radius 2 is 2.06 bits per heavy atom. The lowest BCUT2D eigenvalue weighted by molar-refractivity contribution is 0.922. The number of rotatable bonds is 1. The first-order valence-corrected chi connectivity index (χ1v) is 5.99. The Hall–Kier alpha value is -2.31. The number of nitrogens with zero attached hydrogens (tertiary/aromatic N) is 2. The molecule has 2 aromatic rings. The summed E-state index contributed by atoms with van der Waals surface area (Å²) in [5.41, 5.74) is 7.66. The van der Waals surface area contributed by atoms with Gasteiger partial charge in [-0.15, -0.1) is 5.73 Å². The van der Waals surface area contributed by atoms with Gasteiger partial charge in [0, 0.05) is 12.6 Å². The molecule has 0 N–H and O–H groups in total. The van der Waals surface area contributed by atoms with Crippen LogP contribution in [0.4, 0.5) is 0 Å². The molecule has 0 bridgehead atoms. The highest BCUT2D eigenvalue weighted by molar-refractivity contribution is 5.83. The number of aromatic nitrogens is 2. The van der Waals surface area contributed by atoms with Crippen LogP contribution in [0, 0.1) is 0 Å². The predicted octanol–water partition coefficient (Wildman–Crippen LogP) is 3.63. The Morgan fingerprint density at radius 1 is 1.22 bits per heavy atom. The maximum absolute atomic E-state index is 4.71. The van der Waals surface area contributed by atoms with E-state index >= 15 is 0 Å². The van der Waals surface area contributed by atoms with Crippen molar-refractivity contribution in [2.45, 2.75) is 6.92 Å². The van der Waals surface area contributed by atoms with Gasteiger partial charge in [-0.25, -0.2) is 4.98 Å². The van der Waals surface area contributed by atoms with Crippen LogP contribution >= 0.6 is 0 Å². The monoisotopic (exact) mass is 234 g/mol. The molecule has 1 aliphatic carbocycles. The molecular weight excluding hydrogens is 220 g/mol. The maximum atomic E-state index is 4.71. The van der Waals surface area contributed by atoms with Crippen LogP contribution in [0.25, 0.3) is 16.6 Å². The van der Waals surface area contributed by atoms with E-state index in [0.717, 1.165) is 22.4 Å². The molecule has 88 valence electrons. The van der Waals surface area contributed by atoms with E-state index in [9.17, 15) is 0 Å². The lowest BCUT2D eigenvalue weighted by atomic mass is 10.1. The molecule has 0 spiro atoms. The molecule has 3 rings (SSSR count). The van der Waals surface area contributed by atoms with E-state index in [2.05, 4.69) is 36.4 Å². The Morgan fingerprint density at radius 3 is 2.89 bits per heavy atom. The molecule has 0 atom stereocenters. The average Bonchev–Trinajstić information content (AvgIpc) is 2.57. The van der Waals surface area contributed by atoms with Gasteiger partial charge in [-0.05, 0) is 36.8 Å². The molecule has 18 heavy (non-hydrogen) atoms. The van der Waals surface area contributed by atoms with Gasteiger partial charge in [-0.3, -0.25) is 0 Å². The van der Waals surface area contributed by atoms with E-state index in [-0.39, 0.29) is 0 Å². The molecule has 2 heteroatoms. The number of hydrogen-bond donors (Lipinski definition) is 0. The van der Waals surface area contributed by atoms with Crippen LogP contribution < -0.4 is 0 Å². The second-order valence-electron chi connectivity index (χ2n) is 4.42. The predicted molar refractivity (Wildman–Crippen MR) is 75.1 cm³/mol. The van der Waals surface area contributed by atoms with E-state index in [4.69, 9.17) is 4.98 Å². The van der Waals surface area contributed by atoms with Gasteiger partial charge < -0.3 is 4.57 Å². The fourth-order valence-corrected chi connectivity index (χ4v) is 2.21. The quantitative estimate of drug-likeness (QED) is 0.689. The van der Waals surface area contributed by atoms with Crippen molar-refractivity contribution >= 4 is 16.6 Å². The Labute approximate surface area is 106 Å². The van der Waals surface area contributed by atoms with E-state index < -0.39 is 0 Å². The zero-order valence-corrected chi connectivity index (χ0v) is 10.5. The highest BCUT2D eigenvalue weighted by Crippen LogP contribution is 2.24. The first kappa shape index (κ1) is 10.8. The molecule has 0 radical (unpaired) electrons. The molecule has 0 saturated heterocycles. The first-order chi connectivity index (χ1) is 8.77. The van der Waals surface area contributed by atoms with Crippen LogP contribution in [-0.4, -0.2) is 9.55 Å². The number of hydrogen-bond acceptors (Lipinski definition) is 1. The van der Waals surface area contributed by atoms with Crippen LogP contribution in [0.15, 0.2) is 59.9 Å². The van der Waals surface area contributed by atoms with E-state index in [1.165, 1.54) is 5.57 Å². The minimum Gasteiger partial charge on any atom is -0.327 e. The minimum atomic E-state index is 0.987. The summed E-state index contributed by atoms with van der Waals surface area (Å²) in [7, 11) is 2.05. The fourth-order valence-electron chi connectivity index (χ4n) is 2.21. The zero-order chi connectivity index (χ0) is 12.5. The molecule has 0 amide bonds. The molecular formula is C16H14N2. The Bertz CT molecular complexity index is 736. The highest BCUT2D eigenvalue weighted by atomic mass is 15.1. The second-order valence-corrected chi connectivity index (χ2v) is 4.42. The summed E-state index contributed by atoms with van der Waals surface area (Å²) in [5.74, 6) is 0.987. The van der Waals surface area contributed by atoms with Crippen molar-refractivity contribution in [3.05, 3.63) is 65.7 Å². The van der Waals surface area contributed by atoms with Crippen molar-refractivity contribution in [3.63, 3.8) is 0 Å². The van der Waals surface area contributed by atoms with Crippen LogP contribution in [0.2, 0.25) is 0 Å². The standard InChI is InChI=1S/C16H14N2/c1-12-8-4-3-5-9-13(12)16-17-14-10-6-7-11-15(14)18(16)2/h3-4,6-11H,1-2H3. The number of allylic oxidation sites excluding steroid dienone is 5. The summed E-state index contributed by atoms with van der Waals surface area (Å²) in [4.78, 5) is 4.71. The van der Waals surface area contributed by atoms with Gasteiger partial charge in [-0.1, -0.05) is 24.3 Å². The molecule has 1 heterocycles. The molecule has 1 aromatic carbocycles. The van der Waals surface area contributed by atoms with Crippen molar-refractivity contribution < 1.29 is 0 Å². The summed E-state index contributed by atoms with van der Waals surface area (Å²) >= 11 is 0. The smallest absolute Gasteiger partial charge is 0.141 e. The van der Waals surface area contributed by atoms with Gasteiger partial charge in [0.15, 0.2) is 0 Å². The number of para-hydroxylation sites is 2. The summed E-state index contributed by atoms with van der Waals surface area (Å²) in [5, 5.41) is 0. The molecule has 0 saturated carbocycles. The number of benzene rings is 1. The molecule has 1 aromatic heterocycles. The normalized spacial score (nSPS) is 14.6. The largest absolute Gasteiger partial charge is 0.327 e. The minimum absolute atomic E-state index is 0.987. The van der Waals surface area contributed by atoms with Crippen LogP contribution in [-0.2, 0) is 7.05 Å². The van der Waals surface area contributed by atoms with Crippen molar-refractivity contribution in [2.75, 3.05) is 0 Å². The topological polar surface area (TPSA) is 17.8 Å². The summed E-state index contributed by atoms with van der Waals surface area (Å²) < 4.78 is 2.13. The summed E-state index contributed by atoms with van der Waals surface area (Å²) in [6, 6.07) is 8.19. The van der Waals surface area contributed by atoms with E-state index in [1.54, 1.807) is 0 Å². The van der Waals surface area contributed by atoms with Gasteiger partial charge >= 0.3 is 0 Å². The van der Waals surface area contributed by atoms with Gasteiger partial charge in [0.2, 0.25) is 0 Å². The summed E-state index contributed by atoms with van der Waals surface area (Å²) in [6.45, 7) is 2.10. The molecule has 0 fully saturated rings. The SMILES string of the molecule is CC1=C(c2nc3ccccc3n2C)C=C=CC=C1. The van der Waals surface area contributed by atoms with Crippen molar-refractivity contribution in [3.8, 4) is 0 Å². The van der Waals surface area contributed by atoms with Gasteiger partial charge in [0.05, 0.1) is 11.0 Å². The van der Waals surface area contributed by atoms with Crippen molar-refractivity contribution in [1.82, 2.24) is 9.55 Å². The fraction of sp³-hybridized carbons (Fsp3) is 0.125.